The van der Waals surface area contributed by atoms with Crippen LogP contribution in [0.25, 0.3) is 11.1 Å². The quantitative estimate of drug-likeness (QED) is 0.222. The number of amides is 2. The van der Waals surface area contributed by atoms with Gasteiger partial charge in [0.1, 0.15) is 0 Å². The number of imidazole rings is 1. The maximum Gasteiger partial charge on any atom is 0.255 e. The molecule has 4 aromatic rings. The molecule has 2 bridgehead atoms. The lowest BCUT2D eigenvalue weighted by Gasteiger charge is -2.72. The third-order valence-corrected chi connectivity index (χ3v) is 12.8. The summed E-state index contributed by atoms with van der Waals surface area (Å²) in [6, 6.07) is 11.8. The number of nitrogens with zero attached hydrogens (tertiary/aromatic N) is 5. The molecule has 1 saturated heterocycles. The van der Waals surface area contributed by atoms with Crippen molar-refractivity contribution in [1.82, 2.24) is 24.3 Å². The highest BCUT2D eigenvalue weighted by Gasteiger charge is 2.68. The molecule has 2 amide bonds. The number of carbonyl (C=O) groups excluding carboxylic acids is 2. The molecule has 2 aromatic carbocycles. The summed E-state index contributed by atoms with van der Waals surface area (Å²) in [6.07, 6.45) is 11.2. The van der Waals surface area contributed by atoms with Crippen LogP contribution in [0, 0.1) is 11.3 Å². The molecule has 10 rings (SSSR count). The SMILES string of the molecule is O=C(Nc1nccs1)C(c1ncn2c1CCC2)N1Cc2c(Cl)cc(-c3ccc(C45CC(CN6CCC(CO)CC6)(C4)C5)cc3)cc2C1=O. The molecule has 1 atom stereocenters. The fraction of sp³-hybridized carbons (Fsp3) is 0.459. The molecular formula is C37H39ClN6O3S. The summed E-state index contributed by atoms with van der Waals surface area (Å²) in [5.41, 5.74) is 6.99. The number of fused-ring (bicyclic) bond motifs is 2. The van der Waals surface area contributed by atoms with E-state index >= 15 is 0 Å². The van der Waals surface area contributed by atoms with Crippen molar-refractivity contribution in [3.05, 3.63) is 87.4 Å². The second-order valence-corrected chi connectivity index (χ2v) is 16.1. The Bertz CT molecular complexity index is 1880. The number of aryl methyl sites for hydroxylation is 1. The molecule has 9 nitrogen and oxygen atoms in total. The molecule has 3 aliphatic heterocycles. The molecule has 3 saturated carbocycles. The van der Waals surface area contributed by atoms with Crippen LogP contribution in [0.3, 0.4) is 0 Å². The van der Waals surface area contributed by atoms with Gasteiger partial charge < -0.3 is 19.5 Å². The Kier molecular flexibility index (Phi) is 7.31. The Morgan fingerprint density at radius 3 is 2.60 bits per heavy atom. The summed E-state index contributed by atoms with van der Waals surface area (Å²) in [5.74, 6) is -0.0606. The number of nitrogens with one attached hydrogen (secondary N) is 1. The highest BCUT2D eigenvalue weighted by molar-refractivity contribution is 7.13. The van der Waals surface area contributed by atoms with Crippen molar-refractivity contribution in [2.45, 2.75) is 69.5 Å². The van der Waals surface area contributed by atoms with E-state index in [0.717, 1.165) is 67.7 Å². The lowest BCUT2D eigenvalue weighted by atomic mass is 9.33. The predicted octanol–water partition coefficient (Wildman–Crippen LogP) is 6.07. The lowest BCUT2D eigenvalue weighted by Crippen LogP contribution is -2.68. The van der Waals surface area contributed by atoms with Crippen molar-refractivity contribution < 1.29 is 14.7 Å². The van der Waals surface area contributed by atoms with Gasteiger partial charge in [0.05, 0.1) is 12.0 Å². The minimum atomic E-state index is -0.898. The van der Waals surface area contributed by atoms with Gasteiger partial charge in [0.25, 0.3) is 11.8 Å². The number of likely N-dealkylation sites (tertiary alicyclic amines) is 1. The van der Waals surface area contributed by atoms with Crippen molar-refractivity contribution in [3.63, 3.8) is 0 Å². The average molecular weight is 683 g/mol. The maximum absolute atomic E-state index is 14.1. The molecule has 2 aromatic heterocycles. The van der Waals surface area contributed by atoms with Crippen LogP contribution in [0.4, 0.5) is 5.13 Å². The number of anilines is 1. The van der Waals surface area contributed by atoms with Crippen LogP contribution in [0.2, 0.25) is 5.02 Å². The van der Waals surface area contributed by atoms with Crippen LogP contribution in [0.15, 0.2) is 54.3 Å². The zero-order chi connectivity index (χ0) is 32.6. The smallest absolute Gasteiger partial charge is 0.255 e. The van der Waals surface area contributed by atoms with E-state index in [4.69, 9.17) is 11.6 Å². The van der Waals surface area contributed by atoms with E-state index in [-0.39, 0.29) is 18.4 Å². The first-order chi connectivity index (χ1) is 23.3. The maximum atomic E-state index is 14.1. The standard InChI is InChI=1S/C37H39ClN6O3S/c38-29-15-25(24-3-5-26(6-4-24)37-18-36(19-37,20-37)21-42-11-7-23(17-45)8-12-42)14-27-28(29)16-44(34(27)47)32(33(46)41-35-39-9-13-48-35)31-30-2-1-10-43(30)22-40-31/h3-6,9,13-15,22-23,32,45H,1-2,7-8,10-12,16-21H2,(H,39,41,46). The van der Waals surface area contributed by atoms with Gasteiger partial charge >= 0.3 is 0 Å². The van der Waals surface area contributed by atoms with E-state index in [9.17, 15) is 14.7 Å². The summed E-state index contributed by atoms with van der Waals surface area (Å²) < 4.78 is 2.08. The second-order valence-electron chi connectivity index (χ2n) is 14.8. The van der Waals surface area contributed by atoms with Gasteiger partial charge in [0.2, 0.25) is 0 Å². The Morgan fingerprint density at radius 1 is 1.08 bits per heavy atom. The first kappa shape index (κ1) is 30.5. The minimum absolute atomic E-state index is 0.218. The number of carbonyl (C=O) groups is 2. The van der Waals surface area contributed by atoms with Gasteiger partial charge in [0, 0.05) is 59.7 Å². The van der Waals surface area contributed by atoms with E-state index in [1.807, 2.05) is 12.1 Å². The van der Waals surface area contributed by atoms with Crippen LogP contribution in [-0.4, -0.2) is 67.5 Å². The third-order valence-electron chi connectivity index (χ3n) is 11.8. The number of hydrogen-bond acceptors (Lipinski definition) is 7. The molecule has 5 heterocycles. The summed E-state index contributed by atoms with van der Waals surface area (Å²) in [5, 5.41) is 15.2. The summed E-state index contributed by atoms with van der Waals surface area (Å²) in [4.78, 5) is 41.1. The molecule has 248 valence electrons. The summed E-state index contributed by atoms with van der Waals surface area (Å²) in [7, 11) is 0. The largest absolute Gasteiger partial charge is 0.396 e. The summed E-state index contributed by atoms with van der Waals surface area (Å²) >= 11 is 8.24. The van der Waals surface area contributed by atoms with E-state index in [1.54, 1.807) is 22.8 Å². The number of piperidine rings is 1. The second kappa shape index (κ2) is 11.5. The van der Waals surface area contributed by atoms with Crippen molar-refractivity contribution in [2.75, 3.05) is 31.6 Å². The zero-order valence-corrected chi connectivity index (χ0v) is 28.4. The van der Waals surface area contributed by atoms with Crippen molar-refractivity contribution >= 4 is 39.9 Å². The van der Waals surface area contributed by atoms with Crippen molar-refractivity contribution in [3.8, 4) is 11.1 Å². The Hall–Kier alpha value is -3.57. The number of aliphatic hydroxyl groups excluding tert-OH is 1. The molecule has 0 spiro atoms. The van der Waals surface area contributed by atoms with Gasteiger partial charge in [-0.3, -0.25) is 14.9 Å². The first-order valence-corrected chi connectivity index (χ1v) is 18.4. The van der Waals surface area contributed by atoms with Gasteiger partial charge in [-0.1, -0.05) is 35.9 Å². The minimum Gasteiger partial charge on any atom is -0.396 e. The third kappa shape index (κ3) is 4.94. The van der Waals surface area contributed by atoms with Crippen molar-refractivity contribution in [2.24, 2.45) is 11.3 Å². The lowest BCUT2D eigenvalue weighted by molar-refractivity contribution is -0.158. The molecule has 6 aliphatic rings. The number of rotatable bonds is 9. The van der Waals surface area contributed by atoms with E-state index in [0.29, 0.717) is 44.8 Å². The number of halogens is 1. The Morgan fingerprint density at radius 2 is 1.88 bits per heavy atom. The average Bonchev–Trinajstić information content (AvgIpc) is 3.87. The van der Waals surface area contributed by atoms with E-state index < -0.39 is 6.04 Å². The number of thiazole rings is 1. The molecule has 2 N–H and O–H groups in total. The number of benzene rings is 2. The number of aromatic nitrogens is 3. The summed E-state index contributed by atoms with van der Waals surface area (Å²) in [6.45, 7) is 4.84. The van der Waals surface area contributed by atoms with Gasteiger partial charge in [-0.15, -0.1) is 11.3 Å². The van der Waals surface area contributed by atoms with Gasteiger partial charge in [0.15, 0.2) is 11.2 Å². The van der Waals surface area contributed by atoms with Crippen LogP contribution in [-0.2, 0) is 29.7 Å². The number of hydrogen-bond donors (Lipinski definition) is 2. The molecule has 1 unspecified atom stereocenters. The van der Waals surface area contributed by atoms with E-state index in [1.165, 1.54) is 42.7 Å². The Balaban J connectivity index is 0.926. The number of aliphatic hydroxyl groups is 1. The molecular weight excluding hydrogens is 644 g/mol. The van der Waals surface area contributed by atoms with Crippen molar-refractivity contribution in [1.29, 1.82) is 0 Å². The van der Waals surface area contributed by atoms with Crippen LogP contribution in [0.1, 0.15) is 77.4 Å². The first-order valence-electron chi connectivity index (χ1n) is 17.2. The monoisotopic (exact) mass is 682 g/mol. The zero-order valence-electron chi connectivity index (χ0n) is 26.8. The fourth-order valence-corrected chi connectivity index (χ4v) is 10.3. The highest BCUT2D eigenvalue weighted by atomic mass is 35.5. The topological polar surface area (TPSA) is 104 Å². The predicted molar refractivity (Wildman–Crippen MR) is 185 cm³/mol. The van der Waals surface area contributed by atoms with Gasteiger partial charge in [-0.2, -0.15) is 0 Å². The van der Waals surface area contributed by atoms with Crippen LogP contribution < -0.4 is 5.32 Å². The van der Waals surface area contributed by atoms with Crippen LogP contribution >= 0.6 is 22.9 Å². The fourth-order valence-electron chi connectivity index (χ4n) is 9.46. The molecule has 48 heavy (non-hydrogen) atoms. The molecule has 11 heteroatoms. The Labute approximate surface area is 288 Å². The van der Waals surface area contributed by atoms with Crippen LogP contribution in [0.5, 0.6) is 0 Å². The van der Waals surface area contributed by atoms with Gasteiger partial charge in [-0.25, -0.2) is 9.97 Å². The normalized spacial score (nSPS) is 25.4. The van der Waals surface area contributed by atoms with E-state index in [2.05, 4.69) is 49.0 Å². The molecule has 0 radical (unpaired) electrons. The molecule has 4 fully saturated rings. The highest BCUT2D eigenvalue weighted by Crippen LogP contribution is 2.73. The van der Waals surface area contributed by atoms with Gasteiger partial charge in [-0.05, 0) is 104 Å². The molecule has 3 aliphatic carbocycles.